The van der Waals surface area contributed by atoms with E-state index in [4.69, 9.17) is 4.74 Å². The van der Waals surface area contributed by atoms with E-state index in [1.807, 2.05) is 0 Å². The molecule has 14 heteroatoms. The number of ether oxygens (including phenoxy) is 1. The number of allylic oxidation sites excluding steroid dienone is 1. The van der Waals surface area contributed by atoms with Gasteiger partial charge in [-0.15, -0.1) is 0 Å². The standard InChI is InChI=1S/C30H24F9N3O2/c1-17-24(26(43)44-2)25(21-11-4-6-13-23(21)30(37,38)39)41-27(40-15-18-8-7-10-20(14-18)28(31,32)33)42(17)16-19-9-3-5-12-22(19)29(34,35)36/h3-14,25H,15-16H2,1-2H3,(H,40,41). The van der Waals surface area contributed by atoms with E-state index >= 15 is 0 Å². The van der Waals surface area contributed by atoms with Crippen LogP contribution in [-0.2, 0) is 41.1 Å². The van der Waals surface area contributed by atoms with Gasteiger partial charge in [-0.25, -0.2) is 9.79 Å². The number of carbonyl (C=O) groups excluding carboxylic acids is 1. The zero-order valence-corrected chi connectivity index (χ0v) is 23.0. The van der Waals surface area contributed by atoms with Crippen LogP contribution in [0, 0.1) is 0 Å². The number of guanidine groups is 1. The van der Waals surface area contributed by atoms with E-state index in [0.717, 1.165) is 54.5 Å². The van der Waals surface area contributed by atoms with Gasteiger partial charge in [0.1, 0.15) is 0 Å². The number of methoxy groups -OCH3 is 1. The van der Waals surface area contributed by atoms with Crippen LogP contribution in [0.15, 0.2) is 89.1 Å². The van der Waals surface area contributed by atoms with E-state index in [9.17, 15) is 44.3 Å². The number of nitrogens with one attached hydrogen (secondary N) is 1. The van der Waals surface area contributed by atoms with Gasteiger partial charge in [0.15, 0.2) is 5.96 Å². The van der Waals surface area contributed by atoms with Gasteiger partial charge in [-0.2, -0.15) is 39.5 Å². The average Bonchev–Trinajstić information content (AvgIpc) is 2.96. The van der Waals surface area contributed by atoms with Crippen LogP contribution >= 0.6 is 0 Å². The number of alkyl halides is 9. The lowest BCUT2D eigenvalue weighted by atomic mass is 9.91. The smallest absolute Gasteiger partial charge is 0.416 e. The molecule has 234 valence electrons. The molecule has 0 aliphatic carbocycles. The lowest BCUT2D eigenvalue weighted by Crippen LogP contribution is -2.49. The normalized spacial score (nSPS) is 17.1. The van der Waals surface area contributed by atoms with Crippen molar-refractivity contribution >= 4 is 11.9 Å². The van der Waals surface area contributed by atoms with E-state index in [1.54, 1.807) is 0 Å². The van der Waals surface area contributed by atoms with Crippen LogP contribution in [0.2, 0.25) is 0 Å². The monoisotopic (exact) mass is 629 g/mol. The molecule has 0 aromatic heterocycles. The predicted octanol–water partition coefficient (Wildman–Crippen LogP) is 7.89. The third kappa shape index (κ3) is 7.00. The number of hydrogen-bond donors (Lipinski definition) is 1. The highest BCUT2D eigenvalue weighted by Crippen LogP contribution is 2.40. The highest BCUT2D eigenvalue weighted by Gasteiger charge is 2.42. The molecule has 3 aromatic carbocycles. The third-order valence-corrected chi connectivity index (χ3v) is 6.91. The predicted molar refractivity (Wildman–Crippen MR) is 142 cm³/mol. The molecule has 0 amide bonds. The Balaban J connectivity index is 1.91. The lowest BCUT2D eigenvalue weighted by Gasteiger charge is -2.39. The minimum Gasteiger partial charge on any atom is -0.466 e. The topological polar surface area (TPSA) is 53.9 Å². The Kier molecular flexibility index (Phi) is 9.03. The summed E-state index contributed by atoms with van der Waals surface area (Å²) in [6.45, 7) is 0.328. The van der Waals surface area contributed by atoms with Crippen LogP contribution in [0.25, 0.3) is 0 Å². The molecule has 0 spiro atoms. The summed E-state index contributed by atoms with van der Waals surface area (Å²) in [5.74, 6) is -1.32. The fourth-order valence-corrected chi connectivity index (χ4v) is 4.85. The first kappa shape index (κ1) is 32.4. The Morgan fingerprint density at radius 3 is 2.07 bits per heavy atom. The van der Waals surface area contributed by atoms with Crippen molar-refractivity contribution in [1.29, 1.82) is 0 Å². The zero-order chi connectivity index (χ0) is 32.4. The minimum absolute atomic E-state index is 0.0670. The van der Waals surface area contributed by atoms with Crippen LogP contribution in [0.3, 0.4) is 0 Å². The van der Waals surface area contributed by atoms with Gasteiger partial charge in [0.25, 0.3) is 0 Å². The molecule has 0 saturated heterocycles. The van der Waals surface area contributed by atoms with Crippen molar-refractivity contribution in [2.75, 3.05) is 7.11 Å². The molecule has 0 saturated carbocycles. The summed E-state index contributed by atoms with van der Waals surface area (Å²) in [7, 11) is 0.996. The zero-order valence-electron chi connectivity index (χ0n) is 23.0. The van der Waals surface area contributed by atoms with Crippen LogP contribution in [-0.4, -0.2) is 23.9 Å². The Morgan fingerprint density at radius 2 is 1.45 bits per heavy atom. The van der Waals surface area contributed by atoms with Crippen molar-refractivity contribution < 1.29 is 49.0 Å². The maximum absolute atomic E-state index is 14.0. The molecule has 1 aliphatic rings. The van der Waals surface area contributed by atoms with Gasteiger partial charge >= 0.3 is 24.5 Å². The fraction of sp³-hybridized carbons (Fsp3) is 0.267. The van der Waals surface area contributed by atoms with Gasteiger partial charge in [0, 0.05) is 5.70 Å². The van der Waals surface area contributed by atoms with Crippen molar-refractivity contribution in [1.82, 2.24) is 10.2 Å². The van der Waals surface area contributed by atoms with Crippen molar-refractivity contribution in [2.45, 2.75) is 44.6 Å². The maximum atomic E-state index is 14.0. The third-order valence-electron chi connectivity index (χ3n) is 6.91. The summed E-state index contributed by atoms with van der Waals surface area (Å²) in [6, 6.07) is 11.5. The number of halogens is 9. The Bertz CT molecular complexity index is 1590. The Hall–Kier alpha value is -4.49. The van der Waals surface area contributed by atoms with E-state index in [2.05, 4.69) is 10.3 Å². The number of nitrogens with zero attached hydrogens (tertiary/aromatic N) is 2. The second-order valence-electron chi connectivity index (χ2n) is 9.73. The number of hydrogen-bond acceptors (Lipinski definition) is 3. The fourth-order valence-electron chi connectivity index (χ4n) is 4.85. The summed E-state index contributed by atoms with van der Waals surface area (Å²) in [5.41, 5.74) is -4.06. The highest BCUT2D eigenvalue weighted by atomic mass is 19.4. The molecule has 1 atom stereocenters. The van der Waals surface area contributed by atoms with Gasteiger partial charge < -0.3 is 15.0 Å². The van der Waals surface area contributed by atoms with Crippen molar-refractivity contribution in [3.63, 3.8) is 0 Å². The number of esters is 1. The summed E-state index contributed by atoms with van der Waals surface area (Å²) in [5, 5.41) is 2.74. The summed E-state index contributed by atoms with van der Waals surface area (Å²) in [6.07, 6.45) is -14.3. The molecule has 3 aromatic rings. The molecule has 44 heavy (non-hydrogen) atoms. The summed E-state index contributed by atoms with van der Waals surface area (Å²) < 4.78 is 128. The molecule has 0 bridgehead atoms. The van der Waals surface area contributed by atoms with E-state index in [-0.39, 0.29) is 28.4 Å². The molecular formula is C30H24F9N3O2. The van der Waals surface area contributed by atoms with Gasteiger partial charge in [-0.1, -0.05) is 48.5 Å². The molecule has 1 heterocycles. The van der Waals surface area contributed by atoms with Crippen LogP contribution in [0.1, 0.15) is 46.3 Å². The van der Waals surface area contributed by atoms with E-state index in [0.29, 0.717) is 0 Å². The molecular weight excluding hydrogens is 605 g/mol. The maximum Gasteiger partial charge on any atom is 0.416 e. The van der Waals surface area contributed by atoms with Gasteiger partial charge in [0.05, 0.1) is 48.5 Å². The largest absolute Gasteiger partial charge is 0.466 e. The SMILES string of the molecule is COC(=O)C1=C(C)N(Cc2ccccc2C(F)(F)F)C(=NCc2cccc(C(F)(F)F)c2)NC1c1ccccc1C(F)(F)F. The molecule has 0 fully saturated rings. The Labute approximate surface area is 245 Å². The number of aliphatic imine (C=N–C) groups is 1. The average molecular weight is 630 g/mol. The molecule has 1 aliphatic heterocycles. The first-order chi connectivity index (χ1) is 20.5. The first-order valence-corrected chi connectivity index (χ1v) is 12.9. The quantitative estimate of drug-likeness (QED) is 0.223. The second kappa shape index (κ2) is 12.2. The summed E-state index contributed by atoms with van der Waals surface area (Å²) in [4.78, 5) is 18.5. The van der Waals surface area contributed by atoms with E-state index in [1.165, 1.54) is 37.3 Å². The minimum atomic E-state index is -4.86. The van der Waals surface area contributed by atoms with Gasteiger partial charge in [-0.3, -0.25) is 0 Å². The van der Waals surface area contributed by atoms with Crippen molar-refractivity contribution in [3.05, 3.63) is 117 Å². The molecule has 0 radical (unpaired) electrons. The molecule has 5 nitrogen and oxygen atoms in total. The number of rotatable bonds is 6. The summed E-state index contributed by atoms with van der Waals surface area (Å²) >= 11 is 0. The second-order valence-corrected chi connectivity index (χ2v) is 9.73. The lowest BCUT2D eigenvalue weighted by molar-refractivity contribution is -0.140. The first-order valence-electron chi connectivity index (χ1n) is 12.9. The van der Waals surface area contributed by atoms with Crippen molar-refractivity contribution in [3.8, 4) is 0 Å². The Morgan fingerprint density at radius 1 is 0.841 bits per heavy atom. The number of carbonyl (C=O) groups is 1. The van der Waals surface area contributed by atoms with Crippen LogP contribution in [0.4, 0.5) is 39.5 Å². The van der Waals surface area contributed by atoms with Gasteiger partial charge in [0.2, 0.25) is 0 Å². The highest BCUT2D eigenvalue weighted by molar-refractivity contribution is 5.96. The number of benzene rings is 3. The van der Waals surface area contributed by atoms with Crippen LogP contribution in [0.5, 0.6) is 0 Å². The van der Waals surface area contributed by atoms with E-state index < -0.39 is 65.9 Å². The molecule has 4 rings (SSSR count). The molecule has 1 unspecified atom stereocenters. The molecule has 1 N–H and O–H groups in total. The van der Waals surface area contributed by atoms with Crippen molar-refractivity contribution in [2.24, 2.45) is 4.99 Å². The van der Waals surface area contributed by atoms with Gasteiger partial charge in [-0.05, 0) is 47.9 Å². The van der Waals surface area contributed by atoms with Crippen LogP contribution < -0.4 is 5.32 Å².